The molecular weight excluding hydrogens is 447 g/mol. The summed E-state index contributed by atoms with van der Waals surface area (Å²) in [6.07, 6.45) is -4.87. The standard InChI is InChI=1S/C23H13F5N2O3/c24-14-6-11-17(25)18(12-14)30-21(31)19(13-4-2-1-3-5-13)20(22(30)32)29-15-7-9-16(10-8-15)33-23(26,27)28/h1-12,29H. The summed E-state index contributed by atoms with van der Waals surface area (Å²) >= 11 is 0. The van der Waals surface area contributed by atoms with Crippen molar-refractivity contribution in [1.29, 1.82) is 0 Å². The van der Waals surface area contributed by atoms with Gasteiger partial charge in [-0.25, -0.2) is 13.7 Å². The highest BCUT2D eigenvalue weighted by molar-refractivity contribution is 6.46. The highest BCUT2D eigenvalue weighted by atomic mass is 19.4. The van der Waals surface area contributed by atoms with Crippen LogP contribution in [0.2, 0.25) is 0 Å². The molecule has 0 radical (unpaired) electrons. The number of hydrogen-bond donors (Lipinski definition) is 1. The van der Waals surface area contributed by atoms with Gasteiger partial charge in [-0.1, -0.05) is 30.3 Å². The van der Waals surface area contributed by atoms with Gasteiger partial charge in [0.15, 0.2) is 0 Å². The molecule has 168 valence electrons. The van der Waals surface area contributed by atoms with Gasteiger partial charge >= 0.3 is 6.36 Å². The Balaban J connectivity index is 1.74. The number of alkyl halides is 3. The maximum absolute atomic E-state index is 14.4. The summed E-state index contributed by atoms with van der Waals surface area (Å²) < 4.78 is 69.1. The second kappa shape index (κ2) is 8.38. The molecule has 0 saturated carbocycles. The van der Waals surface area contributed by atoms with Gasteiger partial charge in [0.2, 0.25) is 0 Å². The van der Waals surface area contributed by atoms with Gasteiger partial charge in [-0.15, -0.1) is 13.2 Å². The zero-order valence-electron chi connectivity index (χ0n) is 16.5. The van der Waals surface area contributed by atoms with Gasteiger partial charge in [0, 0.05) is 11.8 Å². The predicted molar refractivity (Wildman–Crippen MR) is 109 cm³/mol. The second-order valence-electron chi connectivity index (χ2n) is 6.85. The number of carbonyl (C=O) groups excluding carboxylic acids is 2. The Morgan fingerprint density at radius 3 is 2.12 bits per heavy atom. The Bertz CT molecular complexity index is 1260. The van der Waals surface area contributed by atoms with Crippen LogP contribution >= 0.6 is 0 Å². The topological polar surface area (TPSA) is 58.6 Å². The van der Waals surface area contributed by atoms with E-state index in [0.29, 0.717) is 10.5 Å². The third kappa shape index (κ3) is 4.54. The number of anilines is 2. The molecule has 1 N–H and O–H groups in total. The van der Waals surface area contributed by atoms with Gasteiger partial charge in [-0.05, 0) is 42.0 Å². The van der Waals surface area contributed by atoms with E-state index in [1.807, 2.05) is 0 Å². The SMILES string of the molecule is O=C1C(Nc2ccc(OC(F)(F)F)cc2)=C(c2ccccc2)C(=O)N1c1cc(F)ccc1F. The number of carbonyl (C=O) groups is 2. The molecule has 0 spiro atoms. The normalized spacial score (nSPS) is 14.2. The first kappa shape index (κ1) is 22.0. The Labute approximate surface area is 183 Å². The van der Waals surface area contributed by atoms with Crippen LogP contribution in [0.4, 0.5) is 33.3 Å². The van der Waals surface area contributed by atoms with E-state index in [2.05, 4.69) is 10.1 Å². The van der Waals surface area contributed by atoms with E-state index in [-0.39, 0.29) is 17.0 Å². The molecule has 0 aliphatic carbocycles. The zero-order chi connectivity index (χ0) is 23.8. The fraction of sp³-hybridized carbons (Fsp3) is 0.0435. The van der Waals surface area contributed by atoms with Gasteiger partial charge in [-0.2, -0.15) is 0 Å². The lowest BCUT2D eigenvalue weighted by atomic mass is 10.0. The number of rotatable bonds is 5. The Morgan fingerprint density at radius 2 is 1.48 bits per heavy atom. The quantitative estimate of drug-likeness (QED) is 0.417. The summed E-state index contributed by atoms with van der Waals surface area (Å²) in [6, 6.07) is 14.8. The van der Waals surface area contributed by atoms with Crippen molar-refractivity contribution >= 4 is 28.8 Å². The van der Waals surface area contributed by atoms with Gasteiger partial charge in [0.1, 0.15) is 23.1 Å². The van der Waals surface area contributed by atoms with Crippen molar-refractivity contribution in [1.82, 2.24) is 0 Å². The molecule has 3 aromatic rings. The predicted octanol–water partition coefficient (Wildman–Crippen LogP) is 5.26. The Hall–Kier alpha value is -4.21. The van der Waals surface area contributed by atoms with Crippen LogP contribution in [0.25, 0.3) is 5.57 Å². The summed E-state index contributed by atoms with van der Waals surface area (Å²) in [5.41, 5.74) is -0.436. The molecule has 3 aromatic carbocycles. The molecular formula is C23H13F5N2O3. The van der Waals surface area contributed by atoms with Crippen molar-refractivity contribution in [3.63, 3.8) is 0 Å². The number of halogens is 5. The lowest BCUT2D eigenvalue weighted by Crippen LogP contribution is -2.33. The largest absolute Gasteiger partial charge is 0.573 e. The van der Waals surface area contributed by atoms with E-state index in [1.165, 1.54) is 12.1 Å². The monoisotopic (exact) mass is 460 g/mol. The summed E-state index contributed by atoms with van der Waals surface area (Å²) in [5.74, 6) is -4.17. The second-order valence-corrected chi connectivity index (χ2v) is 6.85. The number of hydrogen-bond acceptors (Lipinski definition) is 4. The summed E-state index contributed by atoms with van der Waals surface area (Å²) in [4.78, 5) is 26.8. The first-order valence-electron chi connectivity index (χ1n) is 9.40. The number of imide groups is 1. The molecule has 0 bridgehead atoms. The first-order chi connectivity index (χ1) is 15.6. The number of benzene rings is 3. The molecule has 2 amide bonds. The number of nitrogens with zero attached hydrogens (tertiary/aromatic N) is 1. The zero-order valence-corrected chi connectivity index (χ0v) is 16.5. The minimum absolute atomic E-state index is 0.111. The molecule has 5 nitrogen and oxygen atoms in total. The van der Waals surface area contributed by atoms with Crippen LogP contribution in [-0.2, 0) is 9.59 Å². The fourth-order valence-electron chi connectivity index (χ4n) is 3.28. The van der Waals surface area contributed by atoms with Gasteiger partial charge in [0.05, 0.1) is 11.3 Å². The number of nitrogens with one attached hydrogen (secondary N) is 1. The van der Waals surface area contributed by atoms with Gasteiger partial charge in [0.25, 0.3) is 11.8 Å². The van der Waals surface area contributed by atoms with Crippen LogP contribution in [0.5, 0.6) is 5.75 Å². The van der Waals surface area contributed by atoms with Gasteiger partial charge in [-0.3, -0.25) is 9.59 Å². The van der Waals surface area contributed by atoms with E-state index in [0.717, 1.165) is 30.3 Å². The van der Waals surface area contributed by atoms with Crippen molar-refractivity contribution in [2.24, 2.45) is 0 Å². The van der Waals surface area contributed by atoms with E-state index in [1.54, 1.807) is 30.3 Å². The highest BCUT2D eigenvalue weighted by Gasteiger charge is 2.41. The van der Waals surface area contributed by atoms with Crippen molar-refractivity contribution in [2.75, 3.05) is 10.2 Å². The van der Waals surface area contributed by atoms with Crippen molar-refractivity contribution in [2.45, 2.75) is 6.36 Å². The molecule has 1 aliphatic rings. The Kier molecular flexibility index (Phi) is 5.59. The molecule has 0 aromatic heterocycles. The molecule has 4 rings (SSSR count). The first-order valence-corrected chi connectivity index (χ1v) is 9.40. The molecule has 1 aliphatic heterocycles. The van der Waals surface area contributed by atoms with Crippen LogP contribution in [0.3, 0.4) is 0 Å². The highest BCUT2D eigenvalue weighted by Crippen LogP contribution is 2.35. The molecule has 0 atom stereocenters. The average molecular weight is 460 g/mol. The fourth-order valence-corrected chi connectivity index (χ4v) is 3.28. The van der Waals surface area contributed by atoms with Crippen LogP contribution < -0.4 is 15.0 Å². The van der Waals surface area contributed by atoms with Crippen molar-refractivity contribution < 1.29 is 36.3 Å². The van der Waals surface area contributed by atoms with Crippen molar-refractivity contribution in [3.8, 4) is 5.75 Å². The number of ether oxygens (including phenoxy) is 1. The molecule has 10 heteroatoms. The maximum atomic E-state index is 14.4. The van der Waals surface area contributed by atoms with E-state index < -0.39 is 41.2 Å². The lowest BCUT2D eigenvalue weighted by Gasteiger charge is -2.16. The van der Waals surface area contributed by atoms with Crippen molar-refractivity contribution in [3.05, 3.63) is 95.7 Å². The van der Waals surface area contributed by atoms with E-state index >= 15 is 0 Å². The van der Waals surface area contributed by atoms with E-state index in [4.69, 9.17) is 0 Å². The average Bonchev–Trinajstić information content (AvgIpc) is 3.00. The Morgan fingerprint density at radius 1 is 0.818 bits per heavy atom. The minimum Gasteiger partial charge on any atom is -0.406 e. The molecule has 33 heavy (non-hydrogen) atoms. The third-order valence-corrected chi connectivity index (χ3v) is 4.65. The summed E-state index contributed by atoms with van der Waals surface area (Å²) in [5, 5.41) is 2.71. The molecule has 0 saturated heterocycles. The molecule has 0 fully saturated rings. The van der Waals surface area contributed by atoms with Crippen LogP contribution in [-0.4, -0.2) is 18.2 Å². The maximum Gasteiger partial charge on any atom is 0.573 e. The van der Waals surface area contributed by atoms with Gasteiger partial charge < -0.3 is 10.1 Å². The minimum atomic E-state index is -4.87. The van der Waals surface area contributed by atoms with Crippen LogP contribution in [0, 0.1) is 11.6 Å². The molecule has 0 unspecified atom stereocenters. The lowest BCUT2D eigenvalue weighted by molar-refractivity contribution is -0.274. The summed E-state index contributed by atoms with van der Waals surface area (Å²) in [6.45, 7) is 0. The smallest absolute Gasteiger partial charge is 0.406 e. The van der Waals surface area contributed by atoms with E-state index in [9.17, 15) is 31.5 Å². The van der Waals surface area contributed by atoms with Crippen LogP contribution in [0.1, 0.15) is 5.56 Å². The molecule has 1 heterocycles. The summed E-state index contributed by atoms with van der Waals surface area (Å²) in [7, 11) is 0. The third-order valence-electron chi connectivity index (χ3n) is 4.65. The number of amides is 2. The van der Waals surface area contributed by atoms with Crippen LogP contribution in [0.15, 0.2) is 78.5 Å².